The normalized spacial score (nSPS) is 9.09. The van der Waals surface area contributed by atoms with E-state index in [2.05, 4.69) is 14.9 Å². The highest BCUT2D eigenvalue weighted by Gasteiger charge is 2.17. The Kier molecular flexibility index (Phi) is 1.56. The monoisotopic (exact) mass is 152 g/mol. The zero-order valence-electron chi connectivity index (χ0n) is 5.83. The highest BCUT2D eigenvalue weighted by Crippen LogP contribution is 2.08. The van der Waals surface area contributed by atoms with Gasteiger partial charge in [0.15, 0.2) is 4.98 Å². The number of nitrogen functional groups attached to an aromatic ring is 1. The molecule has 0 aliphatic heterocycles. The molecule has 1 rings (SSSR count). The first-order valence-electron chi connectivity index (χ1n) is 2.86. The second-order valence-corrected chi connectivity index (χ2v) is 1.99. The Bertz CT molecular complexity index is 373. The van der Waals surface area contributed by atoms with E-state index in [-0.39, 0.29) is 11.6 Å². The van der Waals surface area contributed by atoms with Crippen molar-refractivity contribution in [2.45, 2.75) is 6.92 Å². The lowest BCUT2D eigenvalue weighted by molar-refractivity contribution is 1.09. The number of anilines is 1. The SMILES string of the molecule is Cc1nc(N)[nH]c(=O)c1[N+]#N. The second kappa shape index (κ2) is 2.38. The Labute approximate surface area is 61.7 Å². The van der Waals surface area contributed by atoms with E-state index in [1.165, 1.54) is 6.92 Å². The van der Waals surface area contributed by atoms with Gasteiger partial charge in [-0.3, -0.25) is 9.78 Å². The highest BCUT2D eigenvalue weighted by molar-refractivity contribution is 5.47. The van der Waals surface area contributed by atoms with Gasteiger partial charge in [0.2, 0.25) is 11.3 Å². The van der Waals surface area contributed by atoms with Gasteiger partial charge < -0.3 is 5.73 Å². The molecule has 1 heterocycles. The van der Waals surface area contributed by atoms with Gasteiger partial charge in [0, 0.05) is 0 Å². The predicted octanol–water partition coefficient (Wildman–Crippen LogP) is 0.145. The van der Waals surface area contributed by atoms with Crippen molar-refractivity contribution in [3.05, 3.63) is 21.0 Å². The topological polar surface area (TPSA) is 99.9 Å². The van der Waals surface area contributed by atoms with Crippen LogP contribution in [-0.2, 0) is 0 Å². The summed E-state index contributed by atoms with van der Waals surface area (Å²) in [6, 6.07) is 0. The molecule has 1 aromatic rings. The summed E-state index contributed by atoms with van der Waals surface area (Å²) in [5, 5.41) is 8.31. The van der Waals surface area contributed by atoms with Crippen LogP contribution in [-0.4, -0.2) is 9.97 Å². The van der Waals surface area contributed by atoms with Crippen LogP contribution in [0.5, 0.6) is 0 Å². The third-order valence-electron chi connectivity index (χ3n) is 1.19. The fourth-order valence-electron chi connectivity index (χ4n) is 0.719. The van der Waals surface area contributed by atoms with Gasteiger partial charge in [0.05, 0.1) is 0 Å². The van der Waals surface area contributed by atoms with Crippen molar-refractivity contribution >= 4 is 11.6 Å². The van der Waals surface area contributed by atoms with Crippen LogP contribution in [0.1, 0.15) is 5.69 Å². The molecule has 0 spiro atoms. The molecule has 6 nitrogen and oxygen atoms in total. The number of aromatic nitrogens is 2. The van der Waals surface area contributed by atoms with E-state index >= 15 is 0 Å². The standard InChI is InChI=1S/C5H5N5O/c1-2-3(10-7)4(11)9-5(6)8-2/h1H3,(H2-,6,8,9,11)/p+1. The molecule has 0 aliphatic carbocycles. The molecule has 0 amide bonds. The quantitative estimate of drug-likeness (QED) is 0.516. The van der Waals surface area contributed by atoms with Gasteiger partial charge in [-0.05, 0) is 6.92 Å². The molecule has 0 fully saturated rings. The van der Waals surface area contributed by atoms with E-state index in [9.17, 15) is 4.79 Å². The smallest absolute Gasteiger partial charge is 0.369 e. The van der Waals surface area contributed by atoms with Crippen LogP contribution in [0.3, 0.4) is 0 Å². The number of hydrogen-bond acceptors (Lipinski definition) is 4. The van der Waals surface area contributed by atoms with E-state index < -0.39 is 5.56 Å². The maximum atomic E-state index is 10.9. The number of aryl methyl sites for hydroxylation is 1. The minimum absolute atomic E-state index is 0.0138. The van der Waals surface area contributed by atoms with Crippen LogP contribution in [0.4, 0.5) is 11.6 Å². The lowest BCUT2D eigenvalue weighted by Gasteiger charge is -1.88. The lowest BCUT2D eigenvalue weighted by atomic mass is 10.4. The number of hydrogen-bond donors (Lipinski definition) is 2. The Morgan fingerprint density at radius 3 is 2.82 bits per heavy atom. The number of aromatic amines is 1. The van der Waals surface area contributed by atoms with E-state index in [4.69, 9.17) is 11.1 Å². The number of rotatable bonds is 0. The maximum Gasteiger partial charge on any atom is 0.470 e. The molecule has 0 bridgehead atoms. The van der Waals surface area contributed by atoms with Gasteiger partial charge in [0.1, 0.15) is 5.69 Å². The van der Waals surface area contributed by atoms with Crippen LogP contribution < -0.4 is 11.3 Å². The van der Waals surface area contributed by atoms with Gasteiger partial charge in [-0.2, -0.15) is 0 Å². The Morgan fingerprint density at radius 2 is 2.36 bits per heavy atom. The Balaban J connectivity index is 3.53. The van der Waals surface area contributed by atoms with Crippen molar-refractivity contribution in [3.8, 4) is 0 Å². The molecule has 0 saturated carbocycles. The largest absolute Gasteiger partial charge is 0.470 e. The average Bonchev–Trinajstić information content (AvgIpc) is 1.85. The Hall–Kier alpha value is -1.90. The molecule has 6 heteroatoms. The van der Waals surface area contributed by atoms with Crippen molar-refractivity contribution < 1.29 is 0 Å². The first-order chi connectivity index (χ1) is 5.15. The third kappa shape index (κ3) is 1.16. The molecule has 56 valence electrons. The summed E-state index contributed by atoms with van der Waals surface area (Å²) < 4.78 is 0. The van der Waals surface area contributed by atoms with Crippen molar-refractivity contribution in [3.63, 3.8) is 0 Å². The van der Waals surface area contributed by atoms with Gasteiger partial charge in [-0.25, -0.2) is 4.98 Å². The molecule has 0 saturated heterocycles. The molecule has 0 unspecified atom stereocenters. The summed E-state index contributed by atoms with van der Waals surface area (Å²) in [5.41, 5.74) is 4.84. The summed E-state index contributed by atoms with van der Waals surface area (Å²) in [4.78, 5) is 19.5. The number of H-pyrrole nitrogens is 1. The highest BCUT2D eigenvalue weighted by atomic mass is 16.1. The van der Waals surface area contributed by atoms with Crippen LogP contribution in [0, 0.1) is 12.3 Å². The van der Waals surface area contributed by atoms with Crippen molar-refractivity contribution in [2.75, 3.05) is 5.73 Å². The molecule has 0 aromatic carbocycles. The average molecular weight is 152 g/mol. The van der Waals surface area contributed by atoms with Crippen molar-refractivity contribution in [2.24, 2.45) is 0 Å². The van der Waals surface area contributed by atoms with Crippen LogP contribution in [0.2, 0.25) is 0 Å². The summed E-state index contributed by atoms with van der Waals surface area (Å²) in [6.07, 6.45) is 0. The fourth-order valence-corrected chi connectivity index (χ4v) is 0.719. The molecule has 0 atom stereocenters. The summed E-state index contributed by atoms with van der Waals surface area (Å²) in [6.45, 7) is 1.53. The number of nitrogens with one attached hydrogen (secondary N) is 1. The molecule has 3 N–H and O–H groups in total. The van der Waals surface area contributed by atoms with Crippen molar-refractivity contribution in [1.29, 1.82) is 5.39 Å². The summed E-state index contributed by atoms with van der Waals surface area (Å²) >= 11 is 0. The molecular formula is C5H6N5O+. The van der Waals surface area contributed by atoms with Gasteiger partial charge >= 0.3 is 11.2 Å². The number of nitrogens with zero attached hydrogens (tertiary/aromatic N) is 3. The van der Waals surface area contributed by atoms with E-state index in [0.29, 0.717) is 5.69 Å². The van der Waals surface area contributed by atoms with Crippen molar-refractivity contribution in [1.82, 2.24) is 9.97 Å². The lowest BCUT2D eigenvalue weighted by Crippen LogP contribution is -2.11. The molecular weight excluding hydrogens is 146 g/mol. The first kappa shape index (κ1) is 7.21. The van der Waals surface area contributed by atoms with Gasteiger partial charge in [-0.1, -0.05) is 0 Å². The number of diazo groups is 1. The molecule has 1 aromatic heterocycles. The Morgan fingerprint density at radius 1 is 1.73 bits per heavy atom. The van der Waals surface area contributed by atoms with E-state index in [1.807, 2.05) is 0 Å². The zero-order chi connectivity index (χ0) is 8.43. The molecule has 0 radical (unpaired) electrons. The third-order valence-corrected chi connectivity index (χ3v) is 1.19. The first-order valence-corrected chi connectivity index (χ1v) is 2.86. The summed E-state index contributed by atoms with van der Waals surface area (Å²) in [5.74, 6) is 0.0138. The predicted molar refractivity (Wildman–Crippen MR) is 38.8 cm³/mol. The van der Waals surface area contributed by atoms with Gasteiger partial charge in [-0.15, -0.1) is 0 Å². The summed E-state index contributed by atoms with van der Waals surface area (Å²) in [7, 11) is 0. The minimum atomic E-state index is -0.544. The molecule has 11 heavy (non-hydrogen) atoms. The minimum Gasteiger partial charge on any atom is -0.369 e. The fraction of sp³-hybridized carbons (Fsp3) is 0.200. The van der Waals surface area contributed by atoms with Gasteiger partial charge in [0.25, 0.3) is 0 Å². The molecule has 0 aliphatic rings. The van der Waals surface area contributed by atoms with E-state index in [1.54, 1.807) is 0 Å². The zero-order valence-corrected chi connectivity index (χ0v) is 5.83. The van der Waals surface area contributed by atoms with E-state index in [0.717, 1.165) is 0 Å². The maximum absolute atomic E-state index is 10.9. The number of nitrogens with two attached hydrogens (primary N) is 1. The van der Waals surface area contributed by atoms with Crippen LogP contribution >= 0.6 is 0 Å². The van der Waals surface area contributed by atoms with Crippen LogP contribution in [0.15, 0.2) is 4.79 Å². The van der Waals surface area contributed by atoms with Crippen LogP contribution in [0.25, 0.3) is 4.98 Å². The second-order valence-electron chi connectivity index (χ2n) is 1.99.